The molecule has 2 aliphatic rings. The van der Waals surface area contributed by atoms with Gasteiger partial charge in [0.2, 0.25) is 0 Å². The second-order valence-electron chi connectivity index (χ2n) is 6.14. The van der Waals surface area contributed by atoms with Crippen molar-refractivity contribution in [3.8, 4) is 5.75 Å². The van der Waals surface area contributed by atoms with Gasteiger partial charge in [0.25, 0.3) is 0 Å². The lowest BCUT2D eigenvalue weighted by atomic mass is 9.80. The molecule has 2 aromatic rings. The summed E-state index contributed by atoms with van der Waals surface area (Å²) in [4.78, 5) is 16.9. The molecule has 0 fully saturated rings. The smallest absolute Gasteiger partial charge is 0.311 e. The molecule has 1 aromatic carbocycles. The highest BCUT2D eigenvalue weighted by Gasteiger charge is 2.35. The molecule has 0 bridgehead atoms. The van der Waals surface area contributed by atoms with E-state index in [-0.39, 0.29) is 6.04 Å². The average Bonchev–Trinajstić information content (AvgIpc) is 2.91. The summed E-state index contributed by atoms with van der Waals surface area (Å²) in [6.45, 7) is 0.552. The molecule has 5 heteroatoms. The second-order valence-corrected chi connectivity index (χ2v) is 6.14. The number of hydrogen-bond donors (Lipinski definition) is 2. The number of benzene rings is 1. The third-order valence-corrected chi connectivity index (χ3v) is 4.87. The summed E-state index contributed by atoms with van der Waals surface area (Å²) in [5.74, 6) is -0.438. The van der Waals surface area contributed by atoms with Crippen LogP contribution < -0.4 is 4.74 Å². The van der Waals surface area contributed by atoms with Crippen LogP contribution in [0, 0.1) is 5.92 Å². The van der Waals surface area contributed by atoms with Crippen LogP contribution in [0.4, 0.5) is 0 Å². The van der Waals surface area contributed by atoms with Gasteiger partial charge in [0.05, 0.1) is 13.0 Å². The van der Waals surface area contributed by atoms with E-state index in [9.17, 15) is 9.90 Å². The first-order valence-electron chi connectivity index (χ1n) is 7.41. The number of hydrogen-bond acceptors (Lipinski definition) is 3. The van der Waals surface area contributed by atoms with Gasteiger partial charge in [-0.15, -0.1) is 0 Å². The fraction of sp³-hybridized carbons (Fsp3) is 0.353. The zero-order chi connectivity index (χ0) is 15.4. The Morgan fingerprint density at radius 1 is 1.45 bits per heavy atom. The fourth-order valence-electron chi connectivity index (χ4n) is 3.77. The number of rotatable bonds is 2. The molecule has 0 radical (unpaired) electrons. The van der Waals surface area contributed by atoms with E-state index in [1.165, 1.54) is 10.9 Å². The Bertz CT molecular complexity index is 806. The number of nitrogens with one attached hydrogen (secondary N) is 1. The van der Waals surface area contributed by atoms with E-state index in [2.05, 4.69) is 16.1 Å². The Morgan fingerprint density at radius 3 is 3.00 bits per heavy atom. The van der Waals surface area contributed by atoms with E-state index < -0.39 is 11.9 Å². The van der Waals surface area contributed by atoms with E-state index in [4.69, 9.17) is 4.74 Å². The van der Waals surface area contributed by atoms with Gasteiger partial charge in [-0.05, 0) is 36.2 Å². The number of ether oxygens (including phenoxy) is 1. The van der Waals surface area contributed by atoms with Gasteiger partial charge in [-0.1, -0.05) is 6.08 Å². The predicted molar refractivity (Wildman–Crippen MR) is 84.1 cm³/mol. The van der Waals surface area contributed by atoms with E-state index in [0.29, 0.717) is 6.54 Å². The lowest BCUT2D eigenvalue weighted by molar-refractivity contribution is -0.140. The summed E-state index contributed by atoms with van der Waals surface area (Å²) < 4.78 is 5.40. The maximum absolute atomic E-state index is 11.4. The summed E-state index contributed by atoms with van der Waals surface area (Å²) in [5, 5.41) is 10.6. The number of methoxy groups -OCH3 is 1. The van der Waals surface area contributed by atoms with Gasteiger partial charge >= 0.3 is 5.97 Å². The Kier molecular flexibility index (Phi) is 2.81. The van der Waals surface area contributed by atoms with Crippen molar-refractivity contribution < 1.29 is 14.6 Å². The Hall–Kier alpha value is -2.27. The number of carboxylic acids is 1. The summed E-state index contributed by atoms with van der Waals surface area (Å²) in [6.07, 6.45) is 4.90. The molecule has 2 heterocycles. The number of likely N-dealkylation sites (N-methyl/N-ethyl adjacent to an activating group) is 1. The highest BCUT2D eigenvalue weighted by molar-refractivity contribution is 6.00. The molecule has 5 nitrogen and oxygen atoms in total. The summed E-state index contributed by atoms with van der Waals surface area (Å²) in [6, 6.07) is 4.24. The van der Waals surface area contributed by atoms with Gasteiger partial charge in [0.1, 0.15) is 5.75 Å². The zero-order valence-electron chi connectivity index (χ0n) is 12.6. The molecule has 22 heavy (non-hydrogen) atoms. The molecule has 1 aromatic heterocycles. The van der Waals surface area contributed by atoms with Crippen LogP contribution in [0.5, 0.6) is 5.75 Å². The highest BCUT2D eigenvalue weighted by atomic mass is 16.5. The van der Waals surface area contributed by atoms with Crippen LogP contribution >= 0.6 is 0 Å². The van der Waals surface area contributed by atoms with Gasteiger partial charge in [-0.25, -0.2) is 0 Å². The SMILES string of the molecule is COc1cc2c3c(c[nH]c3c1)C[C@@H]1C2=C[C@@H](C(=O)O)CN1C. The summed E-state index contributed by atoms with van der Waals surface area (Å²) in [7, 11) is 3.65. The molecule has 0 amide bonds. The minimum Gasteiger partial charge on any atom is -0.497 e. The number of carbonyl (C=O) groups is 1. The molecule has 1 aliphatic heterocycles. The number of H-pyrrole nitrogens is 1. The average molecular weight is 298 g/mol. The summed E-state index contributed by atoms with van der Waals surface area (Å²) >= 11 is 0. The Balaban J connectivity index is 1.97. The fourth-order valence-corrected chi connectivity index (χ4v) is 3.77. The van der Waals surface area contributed by atoms with Crippen LogP contribution in [-0.2, 0) is 11.2 Å². The van der Waals surface area contributed by atoms with Gasteiger partial charge in [0.15, 0.2) is 0 Å². The number of aromatic nitrogens is 1. The first kappa shape index (κ1) is 13.4. The molecule has 1 aliphatic carbocycles. The van der Waals surface area contributed by atoms with Crippen LogP contribution in [0.1, 0.15) is 11.1 Å². The molecule has 2 atom stereocenters. The molecule has 0 saturated heterocycles. The van der Waals surface area contributed by atoms with Crippen LogP contribution in [0.3, 0.4) is 0 Å². The van der Waals surface area contributed by atoms with Crippen LogP contribution in [0.25, 0.3) is 16.5 Å². The lowest BCUT2D eigenvalue weighted by Gasteiger charge is -2.38. The van der Waals surface area contributed by atoms with Gasteiger partial charge in [0, 0.05) is 35.8 Å². The normalized spacial score (nSPS) is 24.0. The summed E-state index contributed by atoms with van der Waals surface area (Å²) in [5.41, 5.74) is 4.54. The molecular weight excluding hydrogens is 280 g/mol. The van der Waals surface area contributed by atoms with Gasteiger partial charge in [-0.3, -0.25) is 9.69 Å². The van der Waals surface area contributed by atoms with Gasteiger partial charge in [-0.2, -0.15) is 0 Å². The maximum atomic E-state index is 11.4. The van der Waals surface area contributed by atoms with Crippen molar-refractivity contribution in [3.05, 3.63) is 35.5 Å². The highest BCUT2D eigenvalue weighted by Crippen LogP contribution is 2.42. The first-order valence-corrected chi connectivity index (χ1v) is 7.41. The number of carboxylic acid groups (broad SMARTS) is 1. The van der Waals surface area contributed by atoms with Crippen molar-refractivity contribution >= 4 is 22.4 Å². The molecule has 0 saturated carbocycles. The second kappa shape index (κ2) is 4.61. The van der Waals surface area contributed by atoms with Gasteiger partial charge < -0.3 is 14.8 Å². The van der Waals surface area contributed by atoms with E-state index in [1.807, 2.05) is 25.3 Å². The maximum Gasteiger partial charge on any atom is 0.311 e. The monoisotopic (exact) mass is 298 g/mol. The largest absolute Gasteiger partial charge is 0.497 e. The quantitative estimate of drug-likeness (QED) is 0.891. The first-order chi connectivity index (χ1) is 10.6. The minimum absolute atomic E-state index is 0.231. The number of aliphatic carboxylic acids is 1. The Labute approximate surface area is 128 Å². The van der Waals surface area contributed by atoms with Crippen molar-refractivity contribution in [2.75, 3.05) is 20.7 Å². The van der Waals surface area contributed by atoms with E-state index >= 15 is 0 Å². The molecular formula is C17H18N2O3. The molecule has 114 valence electrons. The number of fused-ring (bicyclic) bond motifs is 2. The molecule has 0 unspecified atom stereocenters. The zero-order valence-corrected chi connectivity index (χ0v) is 12.6. The van der Waals surface area contributed by atoms with Crippen LogP contribution in [0.15, 0.2) is 24.4 Å². The van der Waals surface area contributed by atoms with Crippen LogP contribution in [0.2, 0.25) is 0 Å². The predicted octanol–water partition coefficient (Wildman–Crippen LogP) is 2.13. The molecule has 0 spiro atoms. The third-order valence-electron chi connectivity index (χ3n) is 4.87. The van der Waals surface area contributed by atoms with Crippen molar-refractivity contribution in [2.45, 2.75) is 12.5 Å². The minimum atomic E-state index is -0.767. The molecule has 4 rings (SSSR count). The topological polar surface area (TPSA) is 65.6 Å². The van der Waals surface area contributed by atoms with Crippen molar-refractivity contribution in [3.63, 3.8) is 0 Å². The third kappa shape index (κ3) is 1.78. The molecule has 2 N–H and O–H groups in total. The van der Waals surface area contributed by atoms with Crippen molar-refractivity contribution in [2.24, 2.45) is 5.92 Å². The Morgan fingerprint density at radius 2 is 2.27 bits per heavy atom. The lowest BCUT2D eigenvalue weighted by Crippen LogP contribution is -2.44. The van der Waals surface area contributed by atoms with Crippen LogP contribution in [-0.4, -0.2) is 47.7 Å². The van der Waals surface area contributed by atoms with E-state index in [0.717, 1.165) is 28.8 Å². The van der Waals surface area contributed by atoms with E-state index in [1.54, 1.807) is 7.11 Å². The number of aromatic amines is 1. The van der Waals surface area contributed by atoms with Crippen molar-refractivity contribution in [1.29, 1.82) is 0 Å². The van der Waals surface area contributed by atoms with Crippen molar-refractivity contribution in [1.82, 2.24) is 9.88 Å². The standard InChI is InChI=1S/C17H18N2O3/c1-19-8-10(17(20)21)3-12-13-5-11(22-2)6-14-16(13)9(7-18-14)4-15(12)19/h3,5-7,10,15,18H,4,8H2,1-2H3,(H,20,21)/t10-,15-/m1/s1. The number of nitrogens with zero attached hydrogens (tertiary/aromatic N) is 1.